The molecule has 0 aliphatic carbocycles. The third-order valence-corrected chi connectivity index (χ3v) is 1.86. The summed E-state index contributed by atoms with van der Waals surface area (Å²) in [5.74, 6) is 0.0139. The fourth-order valence-electron chi connectivity index (χ4n) is 1.16. The number of amidine groups is 1. The van der Waals surface area contributed by atoms with Crippen molar-refractivity contribution in [1.82, 2.24) is 14.5 Å². The Hall–Kier alpha value is -1.91. The first kappa shape index (κ1) is 7.72. The molecule has 0 amide bonds. The topological polar surface area (TPSA) is 80.6 Å². The van der Waals surface area contributed by atoms with Gasteiger partial charge in [0, 0.05) is 18.8 Å². The SMILES string of the molecule is Cn1cnc2cc(C(=N)N)cnc21. The lowest BCUT2D eigenvalue weighted by atomic mass is 10.2. The number of hydrogen-bond acceptors (Lipinski definition) is 3. The van der Waals surface area contributed by atoms with E-state index in [2.05, 4.69) is 9.97 Å². The quantitative estimate of drug-likeness (QED) is 0.481. The highest BCUT2D eigenvalue weighted by molar-refractivity contribution is 5.96. The number of nitrogens with one attached hydrogen (secondary N) is 1. The first-order chi connectivity index (χ1) is 6.18. The Morgan fingerprint density at radius 3 is 3.00 bits per heavy atom. The van der Waals surface area contributed by atoms with Gasteiger partial charge < -0.3 is 10.3 Å². The Kier molecular flexibility index (Phi) is 1.51. The first-order valence-electron chi connectivity index (χ1n) is 3.80. The molecule has 0 unspecified atom stereocenters. The highest BCUT2D eigenvalue weighted by atomic mass is 15.1. The number of aryl methyl sites for hydroxylation is 1. The maximum Gasteiger partial charge on any atom is 0.159 e. The molecule has 66 valence electrons. The summed E-state index contributed by atoms with van der Waals surface area (Å²) in [5.41, 5.74) is 7.48. The highest BCUT2D eigenvalue weighted by Gasteiger charge is 2.03. The molecule has 0 saturated heterocycles. The van der Waals surface area contributed by atoms with E-state index in [9.17, 15) is 0 Å². The molecule has 2 aromatic rings. The number of fused-ring (bicyclic) bond motifs is 1. The van der Waals surface area contributed by atoms with Crippen molar-refractivity contribution in [3.05, 3.63) is 24.2 Å². The normalized spacial score (nSPS) is 10.5. The second-order valence-corrected chi connectivity index (χ2v) is 2.84. The molecule has 0 atom stereocenters. The van der Waals surface area contributed by atoms with Crippen LogP contribution < -0.4 is 5.73 Å². The van der Waals surface area contributed by atoms with Gasteiger partial charge in [-0.05, 0) is 6.07 Å². The second-order valence-electron chi connectivity index (χ2n) is 2.84. The van der Waals surface area contributed by atoms with Crippen LogP contribution in [0.1, 0.15) is 5.56 Å². The number of hydrogen-bond donors (Lipinski definition) is 2. The van der Waals surface area contributed by atoms with Gasteiger partial charge in [0.1, 0.15) is 11.4 Å². The van der Waals surface area contributed by atoms with Crippen molar-refractivity contribution in [1.29, 1.82) is 5.41 Å². The number of aromatic nitrogens is 3. The summed E-state index contributed by atoms with van der Waals surface area (Å²) in [6, 6.07) is 1.75. The monoisotopic (exact) mass is 175 g/mol. The molecule has 2 aromatic heterocycles. The van der Waals surface area contributed by atoms with Crippen molar-refractivity contribution < 1.29 is 0 Å². The van der Waals surface area contributed by atoms with Crippen molar-refractivity contribution in [2.24, 2.45) is 12.8 Å². The Morgan fingerprint density at radius 1 is 1.54 bits per heavy atom. The minimum absolute atomic E-state index is 0.0139. The van der Waals surface area contributed by atoms with E-state index in [0.717, 1.165) is 11.2 Å². The molecule has 13 heavy (non-hydrogen) atoms. The summed E-state index contributed by atoms with van der Waals surface area (Å²) in [6.07, 6.45) is 3.26. The number of imidazole rings is 1. The molecule has 0 radical (unpaired) electrons. The van der Waals surface area contributed by atoms with Gasteiger partial charge in [-0.2, -0.15) is 0 Å². The summed E-state index contributed by atoms with van der Waals surface area (Å²) in [4.78, 5) is 8.25. The Balaban J connectivity index is 2.70. The van der Waals surface area contributed by atoms with E-state index in [1.165, 1.54) is 0 Å². The van der Waals surface area contributed by atoms with Crippen LogP contribution in [-0.4, -0.2) is 20.4 Å². The van der Waals surface area contributed by atoms with Crippen molar-refractivity contribution in [2.75, 3.05) is 0 Å². The summed E-state index contributed by atoms with van der Waals surface area (Å²) in [7, 11) is 1.87. The molecule has 0 bridgehead atoms. The summed E-state index contributed by atoms with van der Waals surface area (Å²) >= 11 is 0. The average molecular weight is 175 g/mol. The smallest absolute Gasteiger partial charge is 0.159 e. The first-order valence-corrected chi connectivity index (χ1v) is 3.80. The third kappa shape index (κ3) is 1.14. The predicted molar refractivity (Wildman–Crippen MR) is 49.5 cm³/mol. The van der Waals surface area contributed by atoms with Crippen LogP contribution in [-0.2, 0) is 7.05 Å². The zero-order valence-corrected chi connectivity index (χ0v) is 7.15. The zero-order chi connectivity index (χ0) is 9.42. The standard InChI is InChI=1S/C8H9N5/c1-13-4-12-6-2-5(7(9)10)3-11-8(6)13/h2-4H,1H3,(H3,9,10). The molecule has 2 rings (SSSR count). The van der Waals surface area contributed by atoms with Crippen LogP contribution >= 0.6 is 0 Å². The molecular weight excluding hydrogens is 166 g/mol. The van der Waals surface area contributed by atoms with Gasteiger partial charge in [0.15, 0.2) is 5.65 Å². The Labute approximate surface area is 74.7 Å². The lowest BCUT2D eigenvalue weighted by Crippen LogP contribution is -2.11. The van der Waals surface area contributed by atoms with Gasteiger partial charge in [-0.25, -0.2) is 9.97 Å². The Morgan fingerprint density at radius 2 is 2.31 bits per heavy atom. The van der Waals surface area contributed by atoms with Crippen molar-refractivity contribution in [2.45, 2.75) is 0 Å². The second kappa shape index (κ2) is 2.55. The maximum atomic E-state index is 7.22. The molecule has 0 aliphatic rings. The molecule has 0 spiro atoms. The van der Waals surface area contributed by atoms with Crippen LogP contribution in [0, 0.1) is 5.41 Å². The summed E-state index contributed by atoms with van der Waals surface area (Å²) in [6.45, 7) is 0. The van der Waals surface area contributed by atoms with E-state index < -0.39 is 0 Å². The maximum absolute atomic E-state index is 7.22. The van der Waals surface area contributed by atoms with Crippen molar-refractivity contribution in [3.63, 3.8) is 0 Å². The van der Waals surface area contributed by atoms with E-state index in [4.69, 9.17) is 11.1 Å². The average Bonchev–Trinajstić information content (AvgIpc) is 2.47. The number of nitrogens with two attached hydrogens (primary N) is 1. The van der Waals surface area contributed by atoms with Crippen LogP contribution in [0.3, 0.4) is 0 Å². The van der Waals surface area contributed by atoms with E-state index in [0.29, 0.717) is 5.56 Å². The molecule has 0 saturated carbocycles. The van der Waals surface area contributed by atoms with Gasteiger partial charge in [0.05, 0.1) is 6.33 Å². The van der Waals surface area contributed by atoms with Gasteiger partial charge in [-0.15, -0.1) is 0 Å². The van der Waals surface area contributed by atoms with E-state index in [1.54, 1.807) is 18.6 Å². The van der Waals surface area contributed by atoms with E-state index >= 15 is 0 Å². The summed E-state index contributed by atoms with van der Waals surface area (Å²) < 4.78 is 1.82. The zero-order valence-electron chi connectivity index (χ0n) is 7.15. The fourth-order valence-corrected chi connectivity index (χ4v) is 1.16. The molecule has 0 fully saturated rings. The largest absolute Gasteiger partial charge is 0.384 e. The van der Waals surface area contributed by atoms with Crippen LogP contribution in [0.5, 0.6) is 0 Å². The molecule has 0 aromatic carbocycles. The highest BCUT2D eigenvalue weighted by Crippen LogP contribution is 2.09. The van der Waals surface area contributed by atoms with Crippen molar-refractivity contribution in [3.8, 4) is 0 Å². The van der Waals surface area contributed by atoms with Gasteiger partial charge in [-0.3, -0.25) is 5.41 Å². The van der Waals surface area contributed by atoms with Gasteiger partial charge in [0.25, 0.3) is 0 Å². The minimum atomic E-state index is 0.0139. The minimum Gasteiger partial charge on any atom is -0.384 e. The Bertz CT molecular complexity index is 470. The van der Waals surface area contributed by atoms with E-state index in [1.807, 2.05) is 11.6 Å². The molecule has 2 heterocycles. The summed E-state index contributed by atoms with van der Waals surface area (Å²) in [5, 5.41) is 7.22. The third-order valence-electron chi connectivity index (χ3n) is 1.86. The number of pyridine rings is 1. The molecular formula is C8H9N5. The van der Waals surface area contributed by atoms with Gasteiger partial charge >= 0.3 is 0 Å². The van der Waals surface area contributed by atoms with Gasteiger partial charge in [-0.1, -0.05) is 0 Å². The molecule has 0 aliphatic heterocycles. The lowest BCUT2D eigenvalue weighted by Gasteiger charge is -1.97. The predicted octanol–water partition coefficient (Wildman–Crippen LogP) is 0.252. The molecule has 3 N–H and O–H groups in total. The van der Waals surface area contributed by atoms with Crippen LogP contribution in [0.4, 0.5) is 0 Å². The molecule has 5 heteroatoms. The van der Waals surface area contributed by atoms with Crippen molar-refractivity contribution >= 4 is 17.0 Å². The lowest BCUT2D eigenvalue weighted by molar-refractivity contribution is 0.931. The molecule has 5 nitrogen and oxygen atoms in total. The van der Waals surface area contributed by atoms with Crippen LogP contribution in [0.15, 0.2) is 18.6 Å². The van der Waals surface area contributed by atoms with Crippen LogP contribution in [0.25, 0.3) is 11.2 Å². The van der Waals surface area contributed by atoms with Gasteiger partial charge in [0.2, 0.25) is 0 Å². The number of rotatable bonds is 1. The van der Waals surface area contributed by atoms with Crippen LogP contribution in [0.2, 0.25) is 0 Å². The fraction of sp³-hybridized carbons (Fsp3) is 0.125. The number of nitrogens with zero attached hydrogens (tertiary/aromatic N) is 3. The van der Waals surface area contributed by atoms with E-state index in [-0.39, 0.29) is 5.84 Å². The number of nitrogen functional groups attached to an aromatic ring is 1.